The van der Waals surface area contributed by atoms with Crippen LogP contribution in [0.5, 0.6) is 5.75 Å². The van der Waals surface area contributed by atoms with Crippen LogP contribution < -0.4 is 4.74 Å². The third-order valence-corrected chi connectivity index (χ3v) is 6.90. The molecule has 2 aromatic carbocycles. The molecule has 2 aliphatic rings. The number of hydrogen-bond donors (Lipinski definition) is 0. The number of aromatic nitrogens is 2. The minimum absolute atomic E-state index is 0.0268. The van der Waals surface area contributed by atoms with Crippen LogP contribution in [0.3, 0.4) is 0 Å². The Morgan fingerprint density at radius 1 is 1.19 bits per heavy atom. The maximum absolute atomic E-state index is 13.7. The molecule has 1 saturated carbocycles. The minimum Gasteiger partial charge on any atom is -0.490 e. The van der Waals surface area contributed by atoms with Gasteiger partial charge in [0.05, 0.1) is 31.3 Å². The van der Waals surface area contributed by atoms with Crippen LogP contribution in [0.25, 0.3) is 17.0 Å². The van der Waals surface area contributed by atoms with Gasteiger partial charge in [-0.1, -0.05) is 17.3 Å². The highest BCUT2D eigenvalue weighted by Crippen LogP contribution is 2.54. The molecule has 2 heterocycles. The van der Waals surface area contributed by atoms with Gasteiger partial charge in [-0.25, -0.2) is 4.39 Å². The molecule has 0 radical (unpaired) electrons. The second kappa shape index (κ2) is 9.50. The normalized spacial score (nSPS) is 23.3. The van der Waals surface area contributed by atoms with Gasteiger partial charge in [-0.3, -0.25) is 4.79 Å². The summed E-state index contributed by atoms with van der Waals surface area (Å²) in [6.07, 6.45) is 3.33. The monoisotopic (exact) mass is 492 g/mol. The summed E-state index contributed by atoms with van der Waals surface area (Å²) in [6, 6.07) is 12.1. The van der Waals surface area contributed by atoms with Gasteiger partial charge in [0.25, 0.3) is 0 Å². The van der Waals surface area contributed by atoms with E-state index in [1.165, 1.54) is 19.2 Å². The highest BCUT2D eigenvalue weighted by molar-refractivity contribution is 5.79. The maximum atomic E-state index is 13.7. The van der Waals surface area contributed by atoms with E-state index in [4.69, 9.17) is 18.7 Å². The Bertz CT molecular complexity index is 1300. The molecule has 188 valence electrons. The van der Waals surface area contributed by atoms with Crippen LogP contribution in [-0.4, -0.2) is 41.5 Å². The van der Waals surface area contributed by atoms with Gasteiger partial charge in [0.2, 0.25) is 11.7 Å². The quantitative estimate of drug-likeness (QED) is 0.421. The van der Waals surface area contributed by atoms with Crippen molar-refractivity contribution in [3.05, 3.63) is 71.4 Å². The van der Waals surface area contributed by atoms with Crippen molar-refractivity contribution in [3.8, 4) is 17.1 Å². The zero-order valence-corrected chi connectivity index (χ0v) is 20.8. The highest BCUT2D eigenvalue weighted by atomic mass is 19.1. The molecule has 1 aromatic heterocycles. The standard InChI is InChI=1S/C28H29FN2O5/c1-16(2)35-24-10-7-19(26-30-17(3)36-31-26)13-23(24)20-14-28(34-15-20)12-11-22(27(32)33-4)25(28)18-5-8-21(29)9-6-18/h5-10,13-14,16,22,25H,11-12,15H2,1-4H3/t22-,25+,28+/m0/s1. The summed E-state index contributed by atoms with van der Waals surface area (Å²) >= 11 is 0. The second-order valence-electron chi connectivity index (χ2n) is 9.63. The molecule has 1 spiro atoms. The van der Waals surface area contributed by atoms with E-state index >= 15 is 0 Å². The Morgan fingerprint density at radius 3 is 2.64 bits per heavy atom. The second-order valence-corrected chi connectivity index (χ2v) is 9.63. The van der Waals surface area contributed by atoms with E-state index in [0.717, 1.165) is 28.0 Å². The van der Waals surface area contributed by atoms with Crippen molar-refractivity contribution in [3.63, 3.8) is 0 Å². The SMILES string of the molecule is COC(=O)[C@H]1CC[C@@]2(C=C(c3cc(-c4noc(C)n4)ccc3OC(C)C)CO2)[C@@H]1c1ccc(F)cc1. The summed E-state index contributed by atoms with van der Waals surface area (Å²) in [7, 11) is 1.40. The number of methoxy groups -OCH3 is 1. The number of carbonyl (C=O) groups is 1. The number of nitrogens with zero attached hydrogens (tertiary/aromatic N) is 2. The smallest absolute Gasteiger partial charge is 0.309 e. The van der Waals surface area contributed by atoms with E-state index in [1.807, 2.05) is 32.0 Å². The van der Waals surface area contributed by atoms with Crippen LogP contribution in [0.4, 0.5) is 4.39 Å². The molecule has 3 atom stereocenters. The summed E-state index contributed by atoms with van der Waals surface area (Å²) in [4.78, 5) is 17.1. The third kappa shape index (κ3) is 4.41. The lowest BCUT2D eigenvalue weighted by Crippen LogP contribution is -2.34. The first-order chi connectivity index (χ1) is 17.3. The van der Waals surface area contributed by atoms with Crippen LogP contribution in [0.2, 0.25) is 0 Å². The van der Waals surface area contributed by atoms with E-state index in [9.17, 15) is 9.18 Å². The summed E-state index contributed by atoms with van der Waals surface area (Å²) < 4.78 is 36.6. The predicted octanol–water partition coefficient (Wildman–Crippen LogP) is 5.49. The fraction of sp³-hybridized carbons (Fsp3) is 0.393. The van der Waals surface area contributed by atoms with E-state index < -0.39 is 11.5 Å². The lowest BCUT2D eigenvalue weighted by molar-refractivity contribution is -0.146. The van der Waals surface area contributed by atoms with E-state index in [0.29, 0.717) is 31.2 Å². The molecule has 7 nitrogen and oxygen atoms in total. The van der Waals surface area contributed by atoms with Gasteiger partial charge in [-0.15, -0.1) is 0 Å². The van der Waals surface area contributed by atoms with Crippen molar-refractivity contribution in [1.82, 2.24) is 10.1 Å². The van der Waals surface area contributed by atoms with E-state index in [1.54, 1.807) is 19.1 Å². The van der Waals surface area contributed by atoms with Crippen LogP contribution in [-0.2, 0) is 14.3 Å². The van der Waals surface area contributed by atoms with Crippen molar-refractivity contribution >= 4 is 11.5 Å². The van der Waals surface area contributed by atoms with Crippen molar-refractivity contribution in [1.29, 1.82) is 0 Å². The maximum Gasteiger partial charge on any atom is 0.309 e. The summed E-state index contributed by atoms with van der Waals surface area (Å²) in [5.74, 6) is 0.393. The van der Waals surface area contributed by atoms with Gasteiger partial charge in [0, 0.05) is 24.0 Å². The fourth-order valence-electron chi connectivity index (χ4n) is 5.40. The first-order valence-electron chi connectivity index (χ1n) is 12.1. The third-order valence-electron chi connectivity index (χ3n) is 6.90. The molecule has 0 N–H and O–H groups in total. The molecule has 1 aliphatic carbocycles. The Labute approximate surface area is 209 Å². The fourth-order valence-corrected chi connectivity index (χ4v) is 5.40. The van der Waals surface area contributed by atoms with Gasteiger partial charge < -0.3 is 18.7 Å². The number of aryl methyl sites for hydroxylation is 1. The van der Waals surface area contributed by atoms with Crippen molar-refractivity contribution in [2.75, 3.05) is 13.7 Å². The minimum atomic E-state index is -0.722. The number of rotatable bonds is 6. The molecular formula is C28H29FN2O5. The Morgan fingerprint density at radius 2 is 1.97 bits per heavy atom. The molecule has 0 amide bonds. The number of carbonyl (C=O) groups excluding carboxylic acids is 1. The van der Waals surface area contributed by atoms with Crippen molar-refractivity contribution < 1.29 is 27.9 Å². The first kappa shape index (κ1) is 24.2. The molecule has 1 aliphatic heterocycles. The molecule has 0 unspecified atom stereocenters. The van der Waals surface area contributed by atoms with Crippen LogP contribution in [0.15, 0.2) is 53.1 Å². The lowest BCUT2D eigenvalue weighted by atomic mass is 9.79. The van der Waals surface area contributed by atoms with Crippen molar-refractivity contribution in [2.45, 2.75) is 51.2 Å². The van der Waals surface area contributed by atoms with Gasteiger partial charge in [0.1, 0.15) is 11.6 Å². The number of ether oxygens (including phenoxy) is 3. The average Bonchev–Trinajstić information content (AvgIpc) is 3.58. The molecule has 5 rings (SSSR count). The lowest BCUT2D eigenvalue weighted by Gasteiger charge is -2.31. The number of benzene rings is 2. The predicted molar refractivity (Wildman–Crippen MR) is 131 cm³/mol. The largest absolute Gasteiger partial charge is 0.490 e. The molecule has 36 heavy (non-hydrogen) atoms. The number of hydrogen-bond acceptors (Lipinski definition) is 7. The van der Waals surface area contributed by atoms with Gasteiger partial charge >= 0.3 is 5.97 Å². The molecule has 0 saturated heterocycles. The van der Waals surface area contributed by atoms with Crippen LogP contribution in [0.1, 0.15) is 49.6 Å². The Balaban J connectivity index is 1.59. The van der Waals surface area contributed by atoms with E-state index in [-0.39, 0.29) is 23.8 Å². The zero-order chi connectivity index (χ0) is 25.4. The molecule has 1 fully saturated rings. The van der Waals surface area contributed by atoms with Gasteiger partial charge in [-0.05, 0) is 74.2 Å². The zero-order valence-electron chi connectivity index (χ0n) is 20.8. The molecular weight excluding hydrogens is 463 g/mol. The van der Waals surface area contributed by atoms with Gasteiger partial charge in [0.15, 0.2) is 0 Å². The van der Waals surface area contributed by atoms with Crippen LogP contribution >= 0.6 is 0 Å². The first-order valence-corrected chi connectivity index (χ1v) is 12.1. The topological polar surface area (TPSA) is 83.7 Å². The summed E-state index contributed by atoms with van der Waals surface area (Å²) in [5, 5.41) is 4.05. The molecule has 8 heteroatoms. The van der Waals surface area contributed by atoms with Crippen molar-refractivity contribution in [2.24, 2.45) is 5.92 Å². The number of halogens is 1. The highest BCUT2D eigenvalue weighted by Gasteiger charge is 2.54. The van der Waals surface area contributed by atoms with E-state index in [2.05, 4.69) is 16.2 Å². The Hall–Kier alpha value is -3.52. The van der Waals surface area contributed by atoms with Crippen LogP contribution in [0, 0.1) is 18.7 Å². The summed E-state index contributed by atoms with van der Waals surface area (Å²) in [6.45, 7) is 6.04. The number of esters is 1. The molecule has 3 aromatic rings. The Kier molecular flexibility index (Phi) is 6.38. The van der Waals surface area contributed by atoms with Gasteiger partial charge in [-0.2, -0.15) is 4.98 Å². The summed E-state index contributed by atoms with van der Waals surface area (Å²) in [5.41, 5.74) is 2.75. The average molecular weight is 493 g/mol. The molecule has 0 bridgehead atoms.